The average Bonchev–Trinajstić information content (AvgIpc) is 2.82. The number of nitrogens with one attached hydrogen (secondary N) is 4. The van der Waals surface area contributed by atoms with Crippen molar-refractivity contribution >= 4 is 33.5 Å². The number of aromatic nitrogens is 1. The fourth-order valence-corrected chi connectivity index (χ4v) is 3.96. The topological polar surface area (TPSA) is 206 Å². The van der Waals surface area contributed by atoms with Gasteiger partial charge in [-0.25, -0.2) is 18.7 Å². The van der Waals surface area contributed by atoms with E-state index >= 15 is 0 Å². The van der Waals surface area contributed by atoms with E-state index in [4.69, 9.17) is 25.9 Å². The van der Waals surface area contributed by atoms with Crippen molar-refractivity contribution < 1.29 is 54.3 Å². The summed E-state index contributed by atoms with van der Waals surface area (Å²) in [5, 5.41) is 16.5. The first-order valence-electron chi connectivity index (χ1n) is 10.9. The zero-order valence-corrected chi connectivity index (χ0v) is 21.7. The lowest BCUT2D eigenvalue weighted by Crippen LogP contribution is -2.37. The zero-order valence-electron chi connectivity index (χ0n) is 20.9. The minimum absolute atomic E-state index is 0.0193. The summed E-state index contributed by atoms with van der Waals surface area (Å²) in [5.41, 5.74) is 5.19. The normalized spacial score (nSPS) is 11.6. The van der Waals surface area contributed by atoms with Crippen molar-refractivity contribution in [2.45, 2.75) is 31.6 Å². The molecule has 0 aliphatic rings. The molecule has 0 aliphatic carbocycles. The summed E-state index contributed by atoms with van der Waals surface area (Å²) >= 11 is 0. The number of aliphatic carboxylic acids is 1. The summed E-state index contributed by atoms with van der Waals surface area (Å²) in [6, 6.07) is 6.47. The lowest BCUT2D eigenvalue weighted by atomic mass is 10.1. The molecule has 1 aromatic heterocycles. The fourth-order valence-electron chi connectivity index (χ4n) is 2.78. The van der Waals surface area contributed by atoms with Gasteiger partial charge in [0, 0.05) is 12.2 Å². The SMILES string of the molecule is Cc1ccc(NS(=O)(=O)Cc2cccc(C(F)(F)F)c2)c(=O)n1CC(=O)NCCONC(=N)N.O=C(O)C(F)(F)F. The van der Waals surface area contributed by atoms with E-state index in [1.165, 1.54) is 25.1 Å². The number of aryl methyl sites for hydroxylation is 1. The lowest BCUT2D eigenvalue weighted by molar-refractivity contribution is -0.192. The van der Waals surface area contributed by atoms with E-state index < -0.39 is 63.6 Å². The number of anilines is 1. The van der Waals surface area contributed by atoms with E-state index in [0.717, 1.165) is 16.7 Å². The molecule has 2 rings (SSSR count). The van der Waals surface area contributed by atoms with Crippen LogP contribution in [-0.2, 0) is 42.9 Å². The number of sulfonamides is 1. The van der Waals surface area contributed by atoms with Crippen LogP contribution in [0, 0.1) is 12.3 Å². The number of nitrogens with two attached hydrogens (primary N) is 1. The molecule has 228 valence electrons. The molecule has 1 aromatic carbocycles. The maximum atomic E-state index is 12.9. The van der Waals surface area contributed by atoms with E-state index in [1.54, 1.807) is 0 Å². The number of guanidine groups is 1. The minimum atomic E-state index is -5.08. The Bertz CT molecular complexity index is 1410. The molecule has 0 fully saturated rings. The summed E-state index contributed by atoms with van der Waals surface area (Å²) in [7, 11) is -4.24. The van der Waals surface area contributed by atoms with Gasteiger partial charge in [0.15, 0.2) is 0 Å². The van der Waals surface area contributed by atoms with Crippen LogP contribution in [-0.4, -0.2) is 55.3 Å². The monoisotopic (exact) mass is 618 g/mol. The predicted molar refractivity (Wildman–Crippen MR) is 131 cm³/mol. The van der Waals surface area contributed by atoms with E-state index in [1.807, 2.05) is 0 Å². The van der Waals surface area contributed by atoms with Crippen molar-refractivity contribution in [2.24, 2.45) is 5.73 Å². The number of carbonyl (C=O) groups is 2. The molecule has 20 heteroatoms. The number of rotatable bonds is 10. The van der Waals surface area contributed by atoms with Crippen LogP contribution in [0.25, 0.3) is 0 Å². The van der Waals surface area contributed by atoms with Crippen molar-refractivity contribution in [3.05, 3.63) is 63.6 Å². The van der Waals surface area contributed by atoms with Crippen molar-refractivity contribution in [1.29, 1.82) is 5.41 Å². The van der Waals surface area contributed by atoms with Crippen LogP contribution in [0.3, 0.4) is 0 Å². The molecule has 0 aliphatic heterocycles. The molecule has 0 spiro atoms. The number of halogens is 6. The van der Waals surface area contributed by atoms with E-state index in [-0.39, 0.29) is 24.4 Å². The highest BCUT2D eigenvalue weighted by atomic mass is 32.2. The number of carboxylic acid groups (broad SMARTS) is 1. The number of pyridine rings is 1. The Hall–Kier alpha value is -4.33. The Morgan fingerprint density at radius 1 is 1.12 bits per heavy atom. The summed E-state index contributed by atoms with van der Waals surface area (Å²) in [6.07, 6.45) is -9.71. The molecule has 0 unspecified atom stereocenters. The summed E-state index contributed by atoms with van der Waals surface area (Å²) < 4.78 is 98.4. The molecule has 1 amide bonds. The van der Waals surface area contributed by atoms with Crippen LogP contribution in [0.1, 0.15) is 16.8 Å². The maximum absolute atomic E-state index is 12.9. The molecule has 1 heterocycles. The third-order valence-electron chi connectivity index (χ3n) is 4.52. The number of carboxylic acids is 1. The van der Waals surface area contributed by atoms with Gasteiger partial charge < -0.3 is 20.7 Å². The molecule has 0 radical (unpaired) electrons. The molecule has 41 heavy (non-hydrogen) atoms. The largest absolute Gasteiger partial charge is 0.490 e. The zero-order chi connectivity index (χ0) is 31.6. The Kier molecular flexibility index (Phi) is 12.1. The molecule has 0 saturated heterocycles. The van der Waals surface area contributed by atoms with Crippen molar-refractivity contribution in [3.63, 3.8) is 0 Å². The maximum Gasteiger partial charge on any atom is 0.490 e. The van der Waals surface area contributed by atoms with Gasteiger partial charge in [0.05, 0.1) is 17.9 Å². The van der Waals surface area contributed by atoms with Gasteiger partial charge in [-0.2, -0.15) is 26.3 Å². The van der Waals surface area contributed by atoms with E-state index in [0.29, 0.717) is 11.8 Å². The van der Waals surface area contributed by atoms with Crippen LogP contribution >= 0.6 is 0 Å². The van der Waals surface area contributed by atoms with E-state index in [9.17, 15) is 44.3 Å². The third-order valence-corrected chi connectivity index (χ3v) is 5.77. The number of nitrogens with zero attached hydrogens (tertiary/aromatic N) is 1. The standard InChI is InChI=1S/C19H23F3N6O5S.C2HF3O2/c1-12-5-6-15(17(30)28(12)10-16(29)25-7-8-33-26-18(23)24)27-34(31,32)11-13-3-2-4-14(9-13)19(20,21)22;3-2(4,5)1(6)7/h2-6,9,27H,7-8,10-11H2,1H3,(H,25,29)(H4,23,24,26);(H,6,7). The predicted octanol–water partition coefficient (Wildman–Crippen LogP) is 1.28. The van der Waals surface area contributed by atoms with Gasteiger partial charge in [-0.05, 0) is 30.7 Å². The van der Waals surface area contributed by atoms with Crippen LogP contribution in [0.5, 0.6) is 0 Å². The van der Waals surface area contributed by atoms with Crippen molar-refractivity contribution in [3.8, 4) is 0 Å². The summed E-state index contributed by atoms with van der Waals surface area (Å²) in [5.74, 6) is -4.53. The van der Waals surface area contributed by atoms with Gasteiger partial charge in [0.1, 0.15) is 12.2 Å². The summed E-state index contributed by atoms with van der Waals surface area (Å²) in [4.78, 5) is 38.5. The summed E-state index contributed by atoms with van der Waals surface area (Å²) in [6.45, 7) is 1.13. The number of hydrogen-bond donors (Lipinski definition) is 6. The molecular formula is C21H24F6N6O7S. The smallest absolute Gasteiger partial charge is 0.475 e. The Morgan fingerprint density at radius 3 is 2.27 bits per heavy atom. The lowest BCUT2D eigenvalue weighted by Gasteiger charge is -2.14. The van der Waals surface area contributed by atoms with Gasteiger partial charge in [0.2, 0.25) is 21.9 Å². The second kappa shape index (κ2) is 14.3. The second-order valence-electron chi connectivity index (χ2n) is 7.86. The van der Waals surface area contributed by atoms with Gasteiger partial charge in [-0.3, -0.25) is 24.6 Å². The van der Waals surface area contributed by atoms with Crippen LogP contribution in [0.4, 0.5) is 32.0 Å². The molecule has 13 nitrogen and oxygen atoms in total. The molecule has 0 atom stereocenters. The first kappa shape index (κ1) is 34.7. The molecule has 0 bridgehead atoms. The average molecular weight is 619 g/mol. The Labute approximate surface area is 227 Å². The fraction of sp³-hybridized carbons (Fsp3) is 0.333. The quantitative estimate of drug-likeness (QED) is 0.0745. The van der Waals surface area contributed by atoms with E-state index in [2.05, 4.69) is 15.5 Å². The van der Waals surface area contributed by atoms with Crippen LogP contribution in [0.2, 0.25) is 0 Å². The second-order valence-corrected chi connectivity index (χ2v) is 9.58. The van der Waals surface area contributed by atoms with Crippen molar-refractivity contribution in [2.75, 3.05) is 17.9 Å². The molecule has 2 aromatic rings. The number of benzene rings is 1. The van der Waals surface area contributed by atoms with Gasteiger partial charge in [-0.15, -0.1) is 0 Å². The van der Waals surface area contributed by atoms with Gasteiger partial charge in [0.25, 0.3) is 5.56 Å². The molecular weight excluding hydrogens is 594 g/mol. The highest BCUT2D eigenvalue weighted by molar-refractivity contribution is 7.91. The molecule has 7 N–H and O–H groups in total. The molecule has 0 saturated carbocycles. The Morgan fingerprint density at radius 2 is 1.73 bits per heavy atom. The highest BCUT2D eigenvalue weighted by Crippen LogP contribution is 2.30. The van der Waals surface area contributed by atoms with Gasteiger partial charge >= 0.3 is 18.3 Å². The number of carbonyl (C=O) groups excluding carboxylic acids is 1. The van der Waals surface area contributed by atoms with Crippen LogP contribution < -0.4 is 26.8 Å². The van der Waals surface area contributed by atoms with Gasteiger partial charge in [-0.1, -0.05) is 18.2 Å². The number of hydroxylamine groups is 1. The number of hydrogen-bond acceptors (Lipinski definition) is 7. The Balaban J connectivity index is 0.00000106. The number of alkyl halides is 6. The third kappa shape index (κ3) is 12.6. The highest BCUT2D eigenvalue weighted by Gasteiger charge is 2.38. The first-order valence-corrected chi connectivity index (χ1v) is 12.5. The number of amides is 1. The minimum Gasteiger partial charge on any atom is -0.475 e. The van der Waals surface area contributed by atoms with Crippen molar-refractivity contribution in [1.82, 2.24) is 15.4 Å². The first-order chi connectivity index (χ1) is 18.7. The van der Waals surface area contributed by atoms with Crippen LogP contribution in [0.15, 0.2) is 41.2 Å².